The van der Waals surface area contributed by atoms with Gasteiger partial charge in [0.2, 0.25) is 0 Å². The van der Waals surface area contributed by atoms with E-state index in [2.05, 4.69) is 0 Å². The first-order valence-corrected chi connectivity index (χ1v) is 4.78. The molecule has 0 fully saturated rings. The third-order valence-electron chi connectivity index (χ3n) is 2.58. The van der Waals surface area contributed by atoms with Crippen molar-refractivity contribution >= 4 is 11.6 Å². The van der Waals surface area contributed by atoms with Gasteiger partial charge in [-0.25, -0.2) is 0 Å². The lowest BCUT2D eigenvalue weighted by atomic mass is 9.86. The lowest BCUT2D eigenvalue weighted by Crippen LogP contribution is -2.32. The van der Waals surface area contributed by atoms with E-state index in [1.54, 1.807) is 6.07 Å². The largest absolute Gasteiger partial charge is 0.387 e. The van der Waals surface area contributed by atoms with Crippen LogP contribution < -0.4 is 5.73 Å². The van der Waals surface area contributed by atoms with Crippen LogP contribution in [0.2, 0.25) is 5.02 Å². The SMILES string of the molecule is N[C@H]1CCc2ccc(Cl)cc2[C@H]1O. The fourth-order valence-electron chi connectivity index (χ4n) is 1.78. The summed E-state index contributed by atoms with van der Waals surface area (Å²) in [5.41, 5.74) is 7.81. The molecule has 2 nitrogen and oxygen atoms in total. The van der Waals surface area contributed by atoms with E-state index >= 15 is 0 Å². The maximum atomic E-state index is 9.77. The molecule has 13 heavy (non-hydrogen) atoms. The smallest absolute Gasteiger partial charge is 0.0944 e. The summed E-state index contributed by atoms with van der Waals surface area (Å²) in [6, 6.07) is 5.48. The van der Waals surface area contributed by atoms with E-state index < -0.39 is 6.10 Å². The van der Waals surface area contributed by atoms with Gasteiger partial charge in [0, 0.05) is 11.1 Å². The highest BCUT2D eigenvalue weighted by Gasteiger charge is 2.24. The van der Waals surface area contributed by atoms with Gasteiger partial charge in [0.05, 0.1) is 6.10 Å². The average Bonchev–Trinajstić information content (AvgIpc) is 2.12. The van der Waals surface area contributed by atoms with Gasteiger partial charge in [-0.3, -0.25) is 0 Å². The summed E-state index contributed by atoms with van der Waals surface area (Å²) < 4.78 is 0. The normalized spacial score (nSPS) is 27.0. The zero-order chi connectivity index (χ0) is 9.42. The van der Waals surface area contributed by atoms with Gasteiger partial charge in [0.15, 0.2) is 0 Å². The Hall–Kier alpha value is -0.570. The van der Waals surface area contributed by atoms with Crippen molar-refractivity contribution in [2.24, 2.45) is 5.73 Å². The maximum Gasteiger partial charge on any atom is 0.0944 e. The first-order chi connectivity index (χ1) is 6.18. The second-order valence-corrected chi connectivity index (χ2v) is 3.93. The van der Waals surface area contributed by atoms with Gasteiger partial charge in [-0.1, -0.05) is 17.7 Å². The molecule has 0 bridgehead atoms. The van der Waals surface area contributed by atoms with E-state index in [4.69, 9.17) is 17.3 Å². The van der Waals surface area contributed by atoms with Gasteiger partial charge in [0.25, 0.3) is 0 Å². The molecule has 2 rings (SSSR count). The number of fused-ring (bicyclic) bond motifs is 1. The van der Waals surface area contributed by atoms with Crippen LogP contribution in [-0.2, 0) is 6.42 Å². The topological polar surface area (TPSA) is 46.2 Å². The molecule has 1 aliphatic rings. The molecule has 3 heteroatoms. The number of aliphatic hydroxyl groups excluding tert-OH is 1. The summed E-state index contributed by atoms with van der Waals surface area (Å²) >= 11 is 5.84. The molecule has 0 aromatic heterocycles. The minimum atomic E-state index is -0.553. The lowest BCUT2D eigenvalue weighted by molar-refractivity contribution is 0.134. The lowest BCUT2D eigenvalue weighted by Gasteiger charge is -2.27. The molecule has 1 aromatic carbocycles. The quantitative estimate of drug-likeness (QED) is 0.665. The van der Waals surface area contributed by atoms with E-state index in [-0.39, 0.29) is 6.04 Å². The minimum absolute atomic E-state index is 0.147. The Morgan fingerprint density at radius 1 is 1.46 bits per heavy atom. The zero-order valence-electron chi connectivity index (χ0n) is 7.20. The van der Waals surface area contributed by atoms with Crippen LogP contribution in [0.5, 0.6) is 0 Å². The highest BCUT2D eigenvalue weighted by Crippen LogP contribution is 2.30. The summed E-state index contributed by atoms with van der Waals surface area (Å²) in [6.45, 7) is 0. The van der Waals surface area contributed by atoms with Crippen LogP contribution in [0.15, 0.2) is 18.2 Å². The number of halogens is 1. The van der Waals surface area contributed by atoms with Crippen molar-refractivity contribution in [2.75, 3.05) is 0 Å². The predicted octanol–water partition coefficient (Wildman–Crippen LogP) is 1.65. The molecule has 0 radical (unpaired) electrons. The fourth-order valence-corrected chi connectivity index (χ4v) is 1.96. The molecule has 1 aliphatic carbocycles. The van der Waals surface area contributed by atoms with Gasteiger partial charge in [-0.15, -0.1) is 0 Å². The van der Waals surface area contributed by atoms with Crippen molar-refractivity contribution in [3.05, 3.63) is 34.3 Å². The fraction of sp³-hybridized carbons (Fsp3) is 0.400. The van der Waals surface area contributed by atoms with Crippen LogP contribution in [0, 0.1) is 0 Å². The highest BCUT2D eigenvalue weighted by atomic mass is 35.5. The summed E-state index contributed by atoms with van der Waals surface area (Å²) in [5, 5.41) is 10.4. The van der Waals surface area contributed by atoms with Gasteiger partial charge < -0.3 is 10.8 Å². The Kier molecular flexibility index (Phi) is 2.28. The van der Waals surface area contributed by atoms with Crippen LogP contribution >= 0.6 is 11.6 Å². The molecule has 0 saturated carbocycles. The number of aliphatic hydroxyl groups is 1. The Bertz CT molecular complexity index is 327. The van der Waals surface area contributed by atoms with E-state index in [0.717, 1.165) is 18.4 Å². The maximum absolute atomic E-state index is 9.77. The van der Waals surface area contributed by atoms with Crippen molar-refractivity contribution in [1.82, 2.24) is 0 Å². The van der Waals surface area contributed by atoms with Crippen molar-refractivity contribution in [3.8, 4) is 0 Å². The molecule has 0 aliphatic heterocycles. The number of benzene rings is 1. The molecular formula is C10H12ClNO. The average molecular weight is 198 g/mol. The third-order valence-corrected chi connectivity index (χ3v) is 2.81. The van der Waals surface area contributed by atoms with Crippen molar-refractivity contribution in [2.45, 2.75) is 25.0 Å². The van der Waals surface area contributed by atoms with Gasteiger partial charge >= 0.3 is 0 Å². The van der Waals surface area contributed by atoms with E-state index in [1.807, 2.05) is 12.1 Å². The Morgan fingerprint density at radius 3 is 3.00 bits per heavy atom. The van der Waals surface area contributed by atoms with Gasteiger partial charge in [-0.05, 0) is 36.1 Å². The minimum Gasteiger partial charge on any atom is -0.387 e. The predicted molar refractivity (Wildman–Crippen MR) is 52.7 cm³/mol. The first kappa shape index (κ1) is 9.00. The number of hydrogen-bond donors (Lipinski definition) is 2. The summed E-state index contributed by atoms with van der Waals surface area (Å²) in [7, 11) is 0. The Morgan fingerprint density at radius 2 is 2.23 bits per heavy atom. The van der Waals surface area contributed by atoms with Crippen LogP contribution in [0.1, 0.15) is 23.7 Å². The monoisotopic (exact) mass is 197 g/mol. The van der Waals surface area contributed by atoms with E-state index in [0.29, 0.717) is 5.02 Å². The first-order valence-electron chi connectivity index (χ1n) is 4.40. The molecule has 0 heterocycles. The third kappa shape index (κ3) is 1.57. The highest BCUT2D eigenvalue weighted by molar-refractivity contribution is 6.30. The van der Waals surface area contributed by atoms with Crippen LogP contribution in [0.3, 0.4) is 0 Å². The van der Waals surface area contributed by atoms with Crippen LogP contribution in [0.4, 0.5) is 0 Å². The molecular weight excluding hydrogens is 186 g/mol. The summed E-state index contributed by atoms with van der Waals surface area (Å²) in [6.07, 6.45) is 1.23. The number of nitrogens with two attached hydrogens (primary N) is 1. The molecule has 3 N–H and O–H groups in total. The van der Waals surface area contributed by atoms with Crippen LogP contribution in [0.25, 0.3) is 0 Å². The van der Waals surface area contributed by atoms with Crippen molar-refractivity contribution in [3.63, 3.8) is 0 Å². The number of rotatable bonds is 0. The van der Waals surface area contributed by atoms with Crippen molar-refractivity contribution in [1.29, 1.82) is 0 Å². The molecule has 0 spiro atoms. The molecule has 70 valence electrons. The number of hydrogen-bond acceptors (Lipinski definition) is 2. The van der Waals surface area contributed by atoms with Gasteiger partial charge in [-0.2, -0.15) is 0 Å². The molecule has 0 amide bonds. The Labute approximate surface area is 82.3 Å². The second-order valence-electron chi connectivity index (χ2n) is 3.49. The van der Waals surface area contributed by atoms with E-state index in [9.17, 15) is 5.11 Å². The molecule has 1 aromatic rings. The summed E-state index contributed by atoms with van der Waals surface area (Å²) in [4.78, 5) is 0. The standard InChI is InChI=1S/C10H12ClNO/c11-7-3-1-6-2-4-9(12)10(13)8(6)5-7/h1,3,5,9-10,13H,2,4,12H2/t9-,10+/m0/s1. The second kappa shape index (κ2) is 3.29. The molecule has 0 saturated heterocycles. The van der Waals surface area contributed by atoms with Crippen molar-refractivity contribution < 1.29 is 5.11 Å². The summed E-state index contributed by atoms with van der Waals surface area (Å²) in [5.74, 6) is 0. The van der Waals surface area contributed by atoms with Gasteiger partial charge in [0.1, 0.15) is 0 Å². The zero-order valence-corrected chi connectivity index (χ0v) is 7.96. The molecule has 2 atom stereocenters. The Balaban J connectivity index is 2.45. The van der Waals surface area contributed by atoms with Crippen LogP contribution in [-0.4, -0.2) is 11.1 Å². The molecule has 0 unspecified atom stereocenters. The van der Waals surface area contributed by atoms with E-state index in [1.165, 1.54) is 5.56 Å². The number of aryl methyl sites for hydroxylation is 1.